The van der Waals surface area contributed by atoms with E-state index < -0.39 is 6.04 Å². The number of benzene rings is 1. The van der Waals surface area contributed by atoms with Crippen molar-refractivity contribution in [3.63, 3.8) is 0 Å². The van der Waals surface area contributed by atoms with Crippen LogP contribution in [0.2, 0.25) is 0 Å². The van der Waals surface area contributed by atoms with Crippen molar-refractivity contribution in [2.45, 2.75) is 70.6 Å². The normalized spacial score (nSPS) is 26.5. The van der Waals surface area contributed by atoms with Gasteiger partial charge in [-0.2, -0.15) is 5.10 Å². The van der Waals surface area contributed by atoms with Gasteiger partial charge in [-0.3, -0.25) is 24.0 Å². The number of aromatic nitrogens is 3. The maximum Gasteiger partial charge on any atom is 0.245 e. The molecule has 8 heteroatoms. The molecular weight excluding hydrogens is 442 g/mol. The monoisotopic (exact) mass is 471 g/mol. The number of ketones is 1. The van der Waals surface area contributed by atoms with Gasteiger partial charge in [-0.15, -0.1) is 0 Å². The van der Waals surface area contributed by atoms with E-state index in [0.717, 1.165) is 12.8 Å². The first-order valence-corrected chi connectivity index (χ1v) is 12.3. The van der Waals surface area contributed by atoms with E-state index in [4.69, 9.17) is 0 Å². The van der Waals surface area contributed by atoms with Crippen LogP contribution in [-0.2, 0) is 16.1 Å². The number of carbonyl (C=O) groups is 3. The number of rotatable bonds is 6. The predicted molar refractivity (Wildman–Crippen MR) is 130 cm³/mol. The molecule has 180 valence electrons. The van der Waals surface area contributed by atoms with E-state index in [9.17, 15) is 14.4 Å². The zero-order valence-electron chi connectivity index (χ0n) is 20.2. The lowest BCUT2D eigenvalue weighted by atomic mass is 10.0. The van der Waals surface area contributed by atoms with Crippen LogP contribution in [0.3, 0.4) is 0 Å². The number of fused-ring (bicyclic) bond motifs is 2. The van der Waals surface area contributed by atoms with Crippen molar-refractivity contribution in [2.75, 3.05) is 0 Å². The highest BCUT2D eigenvalue weighted by molar-refractivity contribution is 6.04. The second kappa shape index (κ2) is 8.00. The van der Waals surface area contributed by atoms with Crippen molar-refractivity contribution in [1.82, 2.24) is 25.0 Å². The van der Waals surface area contributed by atoms with Crippen molar-refractivity contribution in [3.8, 4) is 0 Å². The van der Waals surface area contributed by atoms with Crippen LogP contribution in [-0.4, -0.2) is 55.4 Å². The molecule has 0 bridgehead atoms. The summed E-state index contributed by atoms with van der Waals surface area (Å²) < 4.78 is 1.54. The van der Waals surface area contributed by atoms with Crippen molar-refractivity contribution in [3.05, 3.63) is 59.0 Å². The van der Waals surface area contributed by atoms with E-state index >= 15 is 0 Å². The second-order valence-electron chi connectivity index (χ2n) is 10.4. The number of piperidine rings is 1. The molecule has 3 fully saturated rings. The Morgan fingerprint density at radius 2 is 1.91 bits per heavy atom. The Kier molecular flexibility index (Phi) is 5.02. The lowest BCUT2D eigenvalue weighted by Crippen LogP contribution is -2.49. The van der Waals surface area contributed by atoms with Gasteiger partial charge >= 0.3 is 0 Å². The van der Waals surface area contributed by atoms with E-state index in [1.807, 2.05) is 0 Å². The summed E-state index contributed by atoms with van der Waals surface area (Å²) in [7, 11) is 0. The minimum absolute atomic E-state index is 0.0167. The lowest BCUT2D eigenvalue weighted by molar-refractivity contribution is -0.140. The van der Waals surface area contributed by atoms with Crippen molar-refractivity contribution >= 4 is 28.5 Å². The average molecular weight is 472 g/mol. The van der Waals surface area contributed by atoms with Gasteiger partial charge in [-0.25, -0.2) is 0 Å². The molecule has 3 aliphatic rings. The first-order valence-electron chi connectivity index (χ1n) is 12.3. The lowest BCUT2D eigenvalue weighted by Gasteiger charge is -2.27. The number of nitrogens with one attached hydrogen (secondary N) is 1. The highest BCUT2D eigenvalue weighted by Crippen LogP contribution is 2.48. The summed E-state index contributed by atoms with van der Waals surface area (Å²) >= 11 is 0. The Bertz CT molecular complexity index is 1380. The number of carbonyl (C=O) groups excluding carboxylic acids is 3. The Morgan fingerprint density at radius 1 is 1.09 bits per heavy atom. The summed E-state index contributed by atoms with van der Waals surface area (Å²) in [5.74, 6) is 0.383. The molecule has 2 unspecified atom stereocenters. The van der Waals surface area contributed by atoms with Gasteiger partial charge in [0.1, 0.15) is 18.3 Å². The topological polar surface area (TPSA) is 97.2 Å². The van der Waals surface area contributed by atoms with Crippen LogP contribution in [0.5, 0.6) is 0 Å². The summed E-state index contributed by atoms with van der Waals surface area (Å²) in [4.78, 5) is 44.6. The van der Waals surface area contributed by atoms with Gasteiger partial charge in [0.2, 0.25) is 11.8 Å². The largest absolute Gasteiger partial charge is 0.351 e. The van der Waals surface area contributed by atoms with Crippen LogP contribution in [0.4, 0.5) is 0 Å². The molecule has 2 amide bonds. The molecule has 35 heavy (non-hydrogen) atoms. The maximum absolute atomic E-state index is 13.4. The molecule has 6 rings (SSSR count). The highest BCUT2D eigenvalue weighted by atomic mass is 16.2. The Labute approximate surface area is 203 Å². The van der Waals surface area contributed by atoms with E-state index in [-0.39, 0.29) is 36.2 Å². The molecule has 8 nitrogen and oxygen atoms in total. The van der Waals surface area contributed by atoms with E-state index in [2.05, 4.69) is 47.4 Å². The molecule has 2 saturated carbocycles. The third kappa shape index (κ3) is 3.81. The first-order chi connectivity index (χ1) is 16.8. The fourth-order valence-corrected chi connectivity index (χ4v) is 5.66. The fourth-order valence-electron chi connectivity index (χ4n) is 5.66. The fraction of sp³-hybridized carbons (Fsp3) is 0.444. The molecule has 1 saturated heterocycles. The summed E-state index contributed by atoms with van der Waals surface area (Å²) in [6, 6.07) is 8.05. The second-order valence-corrected chi connectivity index (χ2v) is 10.4. The van der Waals surface area contributed by atoms with Crippen LogP contribution in [0.15, 0.2) is 36.7 Å². The molecule has 2 aliphatic carbocycles. The molecule has 3 heterocycles. The molecule has 1 aromatic carbocycles. The maximum atomic E-state index is 13.4. The number of likely N-dealkylation sites (tertiary alicyclic amines) is 1. The summed E-state index contributed by atoms with van der Waals surface area (Å²) in [5.41, 5.74) is 4.78. The van der Waals surface area contributed by atoms with Gasteiger partial charge in [-0.1, -0.05) is 18.2 Å². The van der Waals surface area contributed by atoms with Crippen LogP contribution in [0, 0.1) is 19.8 Å². The average Bonchev–Trinajstić information content (AvgIpc) is 3.71. The number of aryl methyl sites for hydroxylation is 2. The number of Topliss-reactive ketones (excluding diaryl/α,β-unsaturated/α-hetero) is 1. The van der Waals surface area contributed by atoms with Crippen LogP contribution in [0.25, 0.3) is 10.9 Å². The van der Waals surface area contributed by atoms with Gasteiger partial charge < -0.3 is 10.2 Å². The standard InChI is InChI=1S/C27H29N5O3/c1-14-4-5-17(8-15(14)2)20-11-21(20)29-27(35)23-10-18-9-22(18)32(23)25(34)13-31-24-12-28-7-6-19(24)26(30-31)16(3)33/h4-8,12,18,20-23H,9-11,13H2,1-3H3,(H,29,35)/t18-,20?,21?,22-,23+/m1/s1. The Hall–Kier alpha value is -3.55. The van der Waals surface area contributed by atoms with E-state index in [1.165, 1.54) is 23.6 Å². The van der Waals surface area contributed by atoms with Gasteiger partial charge in [0.15, 0.2) is 5.78 Å². The molecule has 2 aromatic heterocycles. The van der Waals surface area contributed by atoms with E-state index in [1.54, 1.807) is 28.0 Å². The quantitative estimate of drug-likeness (QED) is 0.558. The van der Waals surface area contributed by atoms with E-state index in [0.29, 0.717) is 34.9 Å². The minimum Gasteiger partial charge on any atom is -0.351 e. The summed E-state index contributed by atoms with van der Waals surface area (Å²) in [5, 5.41) is 8.30. The molecule has 1 aliphatic heterocycles. The van der Waals surface area contributed by atoms with Crippen molar-refractivity contribution in [1.29, 1.82) is 0 Å². The van der Waals surface area contributed by atoms with Gasteiger partial charge in [0, 0.05) is 36.5 Å². The Balaban J connectivity index is 1.16. The third-order valence-electron chi connectivity index (χ3n) is 7.94. The number of hydrogen-bond acceptors (Lipinski definition) is 5. The predicted octanol–water partition coefficient (Wildman–Crippen LogP) is 2.91. The third-order valence-corrected chi connectivity index (χ3v) is 7.94. The summed E-state index contributed by atoms with van der Waals surface area (Å²) in [6.07, 6.45) is 5.83. The smallest absolute Gasteiger partial charge is 0.245 e. The van der Waals surface area contributed by atoms with Gasteiger partial charge in [-0.05, 0) is 61.8 Å². The number of nitrogens with zero attached hydrogens (tertiary/aromatic N) is 4. The van der Waals surface area contributed by atoms with Crippen LogP contribution in [0.1, 0.15) is 59.3 Å². The number of pyridine rings is 1. The molecule has 3 aromatic rings. The summed E-state index contributed by atoms with van der Waals surface area (Å²) in [6.45, 7) is 5.66. The first kappa shape index (κ1) is 21.9. The molecule has 0 spiro atoms. The Morgan fingerprint density at radius 3 is 2.69 bits per heavy atom. The molecule has 1 N–H and O–H groups in total. The minimum atomic E-state index is -0.445. The van der Waals surface area contributed by atoms with Crippen molar-refractivity contribution in [2.24, 2.45) is 5.92 Å². The molecular formula is C27H29N5O3. The van der Waals surface area contributed by atoms with Crippen LogP contribution < -0.4 is 5.32 Å². The number of hydrogen-bond donors (Lipinski definition) is 1. The molecule has 5 atom stereocenters. The number of amides is 2. The van der Waals surface area contributed by atoms with Crippen LogP contribution >= 0.6 is 0 Å². The van der Waals surface area contributed by atoms with Crippen molar-refractivity contribution < 1.29 is 14.4 Å². The zero-order chi connectivity index (χ0) is 24.4. The van der Waals surface area contributed by atoms with Gasteiger partial charge in [0.25, 0.3) is 0 Å². The zero-order valence-corrected chi connectivity index (χ0v) is 20.2. The van der Waals surface area contributed by atoms with Gasteiger partial charge in [0.05, 0.1) is 11.7 Å². The highest BCUT2D eigenvalue weighted by Gasteiger charge is 2.56. The molecule has 0 radical (unpaired) electrons. The SMILES string of the molecule is CC(=O)c1nn(CC(=O)N2[C@@H]3C[C@@H]3C[C@H]2C(=O)NC2CC2c2ccc(C)c(C)c2)c2cnccc12.